The largest absolute Gasteiger partial charge is 0.207 e. The monoisotopic (exact) mass is 241 g/mol. The van der Waals surface area contributed by atoms with E-state index in [1.165, 1.54) is 13.0 Å². The van der Waals surface area contributed by atoms with Crippen LogP contribution in [-0.4, -0.2) is 0 Å². The Labute approximate surface area is 98.0 Å². The normalized spacial score (nSPS) is 12.0. The summed E-state index contributed by atoms with van der Waals surface area (Å²) in [5.41, 5.74) is 0.647. The number of benzene rings is 1. The first-order valence-corrected chi connectivity index (χ1v) is 5.13. The van der Waals surface area contributed by atoms with Crippen molar-refractivity contribution in [3.05, 3.63) is 40.5 Å². The third-order valence-electron chi connectivity index (χ3n) is 2.24. The molecular formula is C12H10ClF2N. The molecule has 0 aliphatic carbocycles. The van der Waals surface area contributed by atoms with Crippen LogP contribution in [0.1, 0.15) is 24.5 Å². The van der Waals surface area contributed by atoms with Crippen LogP contribution in [0.2, 0.25) is 0 Å². The molecule has 1 rings (SSSR count). The quantitative estimate of drug-likeness (QED) is 0.714. The highest BCUT2D eigenvalue weighted by Gasteiger charge is 2.13. The summed E-state index contributed by atoms with van der Waals surface area (Å²) in [6.45, 7) is 3.26. The molecule has 0 heterocycles. The molecule has 16 heavy (non-hydrogen) atoms. The first-order chi connectivity index (χ1) is 7.51. The lowest BCUT2D eigenvalue weighted by Crippen LogP contribution is -1.93. The third kappa shape index (κ3) is 2.40. The van der Waals surface area contributed by atoms with Crippen molar-refractivity contribution in [3.63, 3.8) is 0 Å². The third-order valence-corrected chi connectivity index (χ3v) is 2.67. The first-order valence-electron chi connectivity index (χ1n) is 4.76. The zero-order valence-electron chi connectivity index (χ0n) is 8.94. The summed E-state index contributed by atoms with van der Waals surface area (Å²) in [5.74, 6) is -1.38. The maximum atomic E-state index is 13.4. The highest BCUT2D eigenvalue weighted by atomic mass is 35.5. The minimum Gasteiger partial charge on any atom is -0.207 e. The van der Waals surface area contributed by atoms with Crippen LogP contribution >= 0.6 is 11.6 Å². The second-order valence-corrected chi connectivity index (χ2v) is 3.72. The van der Waals surface area contributed by atoms with E-state index >= 15 is 0 Å². The van der Waals surface area contributed by atoms with Gasteiger partial charge >= 0.3 is 0 Å². The number of halogens is 3. The van der Waals surface area contributed by atoms with Gasteiger partial charge in [0.05, 0.1) is 11.1 Å². The summed E-state index contributed by atoms with van der Waals surface area (Å²) >= 11 is 5.90. The maximum absolute atomic E-state index is 13.4. The summed E-state index contributed by atoms with van der Waals surface area (Å²) in [7, 11) is 0. The van der Waals surface area contributed by atoms with E-state index in [0.717, 1.165) is 6.07 Å². The van der Waals surface area contributed by atoms with E-state index in [2.05, 4.69) is 0 Å². The van der Waals surface area contributed by atoms with Crippen LogP contribution in [-0.2, 0) is 0 Å². The molecule has 0 N–H and O–H groups in total. The zero-order chi connectivity index (χ0) is 12.3. The highest BCUT2D eigenvalue weighted by molar-refractivity contribution is 6.49. The lowest BCUT2D eigenvalue weighted by Gasteiger charge is -2.06. The van der Waals surface area contributed by atoms with Crippen LogP contribution in [0, 0.1) is 29.9 Å². The molecule has 0 amide bonds. The SMILES string of the molecule is CC/C(C#N)=C(/Cl)c1cc(C)c(F)cc1F. The van der Waals surface area contributed by atoms with Gasteiger partial charge < -0.3 is 0 Å². The number of nitriles is 1. The van der Waals surface area contributed by atoms with Crippen LogP contribution in [0.4, 0.5) is 8.78 Å². The molecule has 0 bridgehead atoms. The molecule has 0 aromatic heterocycles. The van der Waals surface area contributed by atoms with E-state index in [9.17, 15) is 8.78 Å². The van der Waals surface area contributed by atoms with Crippen molar-refractivity contribution in [2.24, 2.45) is 0 Å². The second-order valence-electron chi connectivity index (χ2n) is 3.34. The standard InChI is InChI=1S/C12H10ClF2N/c1-3-8(6-16)12(13)9-4-7(2)10(14)5-11(9)15/h4-5H,3H2,1-2H3/b12-8-. The molecule has 1 aromatic rings. The number of aryl methyl sites for hydroxylation is 1. The van der Waals surface area contributed by atoms with Crippen molar-refractivity contribution in [1.82, 2.24) is 0 Å². The van der Waals surface area contributed by atoms with Gasteiger partial charge in [-0.2, -0.15) is 5.26 Å². The molecule has 0 saturated heterocycles. The Morgan fingerprint density at radius 2 is 2.00 bits per heavy atom. The van der Waals surface area contributed by atoms with E-state index in [1.54, 1.807) is 6.92 Å². The van der Waals surface area contributed by atoms with E-state index in [4.69, 9.17) is 16.9 Å². The van der Waals surface area contributed by atoms with Gasteiger partial charge in [0.25, 0.3) is 0 Å². The van der Waals surface area contributed by atoms with Gasteiger partial charge in [0.2, 0.25) is 0 Å². The van der Waals surface area contributed by atoms with E-state index in [-0.39, 0.29) is 16.2 Å². The zero-order valence-corrected chi connectivity index (χ0v) is 9.70. The van der Waals surface area contributed by atoms with Gasteiger partial charge in [-0.25, -0.2) is 8.78 Å². The van der Waals surface area contributed by atoms with Crippen molar-refractivity contribution in [2.75, 3.05) is 0 Å². The van der Waals surface area contributed by atoms with Gasteiger partial charge in [-0.05, 0) is 25.0 Å². The van der Waals surface area contributed by atoms with E-state index in [0.29, 0.717) is 12.0 Å². The Balaban J connectivity index is 3.41. The predicted octanol–water partition coefficient (Wildman–Crippen LogP) is 4.16. The molecular weight excluding hydrogens is 232 g/mol. The highest BCUT2D eigenvalue weighted by Crippen LogP contribution is 2.28. The maximum Gasteiger partial charge on any atom is 0.134 e. The molecule has 4 heteroatoms. The number of hydrogen-bond donors (Lipinski definition) is 0. The lowest BCUT2D eigenvalue weighted by molar-refractivity contribution is 0.575. The fraction of sp³-hybridized carbons (Fsp3) is 0.250. The Morgan fingerprint density at radius 1 is 1.38 bits per heavy atom. The summed E-state index contributed by atoms with van der Waals surface area (Å²) in [6.07, 6.45) is 0.408. The summed E-state index contributed by atoms with van der Waals surface area (Å²) in [4.78, 5) is 0. The number of rotatable bonds is 2. The van der Waals surface area contributed by atoms with Crippen LogP contribution in [0.5, 0.6) is 0 Å². The Morgan fingerprint density at radius 3 is 2.50 bits per heavy atom. The molecule has 0 spiro atoms. The van der Waals surface area contributed by atoms with E-state index in [1.807, 2.05) is 6.07 Å². The summed E-state index contributed by atoms with van der Waals surface area (Å²) in [6, 6.07) is 3.98. The molecule has 0 aliphatic heterocycles. The van der Waals surface area contributed by atoms with Crippen molar-refractivity contribution in [1.29, 1.82) is 5.26 Å². The molecule has 0 atom stereocenters. The van der Waals surface area contributed by atoms with Crippen LogP contribution in [0.15, 0.2) is 17.7 Å². The van der Waals surface area contributed by atoms with Gasteiger partial charge in [0.1, 0.15) is 11.6 Å². The van der Waals surface area contributed by atoms with Gasteiger partial charge in [-0.15, -0.1) is 0 Å². The predicted molar refractivity (Wildman–Crippen MR) is 59.8 cm³/mol. The first kappa shape index (κ1) is 12.7. The average molecular weight is 242 g/mol. The van der Waals surface area contributed by atoms with E-state index < -0.39 is 11.6 Å². The van der Waals surface area contributed by atoms with Gasteiger partial charge in [0, 0.05) is 17.2 Å². The van der Waals surface area contributed by atoms with Crippen molar-refractivity contribution >= 4 is 16.6 Å². The number of nitrogens with zero attached hydrogens (tertiary/aromatic N) is 1. The van der Waals surface area contributed by atoms with Gasteiger partial charge in [-0.1, -0.05) is 18.5 Å². The molecule has 0 unspecified atom stereocenters. The minimum absolute atomic E-state index is 0.0469. The summed E-state index contributed by atoms with van der Waals surface area (Å²) < 4.78 is 26.5. The molecule has 1 aromatic carbocycles. The van der Waals surface area contributed by atoms with Crippen molar-refractivity contribution in [2.45, 2.75) is 20.3 Å². The second kappa shape index (κ2) is 5.09. The number of allylic oxidation sites excluding steroid dienone is 1. The smallest absolute Gasteiger partial charge is 0.134 e. The Hall–Kier alpha value is -1.40. The molecule has 0 radical (unpaired) electrons. The molecule has 1 nitrogen and oxygen atoms in total. The average Bonchev–Trinajstić information content (AvgIpc) is 2.25. The molecule has 0 fully saturated rings. The fourth-order valence-corrected chi connectivity index (χ4v) is 1.59. The van der Waals surface area contributed by atoms with Crippen molar-refractivity contribution < 1.29 is 8.78 Å². The van der Waals surface area contributed by atoms with Crippen molar-refractivity contribution in [3.8, 4) is 6.07 Å². The lowest BCUT2D eigenvalue weighted by atomic mass is 10.1. The van der Waals surface area contributed by atoms with Crippen LogP contribution in [0.25, 0.3) is 5.03 Å². The van der Waals surface area contributed by atoms with Gasteiger partial charge in [0.15, 0.2) is 0 Å². The Kier molecular flexibility index (Phi) is 4.03. The Bertz CT molecular complexity index is 487. The molecule has 0 aliphatic rings. The molecule has 0 saturated carbocycles. The van der Waals surface area contributed by atoms with Crippen LogP contribution < -0.4 is 0 Å². The molecule has 84 valence electrons. The van der Waals surface area contributed by atoms with Gasteiger partial charge in [-0.3, -0.25) is 0 Å². The number of hydrogen-bond acceptors (Lipinski definition) is 1. The summed E-state index contributed by atoms with van der Waals surface area (Å²) in [5, 5.41) is 8.83. The minimum atomic E-state index is -0.755. The fourth-order valence-electron chi connectivity index (χ4n) is 1.27. The topological polar surface area (TPSA) is 23.8 Å². The van der Waals surface area contributed by atoms with Crippen LogP contribution in [0.3, 0.4) is 0 Å².